The van der Waals surface area contributed by atoms with E-state index in [0.717, 1.165) is 19.3 Å². The second-order valence-electron chi connectivity index (χ2n) is 8.04. The van der Waals surface area contributed by atoms with Crippen molar-refractivity contribution in [3.8, 4) is 0 Å². The van der Waals surface area contributed by atoms with E-state index in [1.807, 2.05) is 12.3 Å². The Balaban J connectivity index is 1.89. The molecule has 1 heterocycles. The van der Waals surface area contributed by atoms with E-state index >= 15 is 0 Å². The summed E-state index contributed by atoms with van der Waals surface area (Å²) in [5.74, 6) is 0.162. The van der Waals surface area contributed by atoms with Gasteiger partial charge in [-0.1, -0.05) is 65.7 Å². The van der Waals surface area contributed by atoms with Gasteiger partial charge in [0.05, 0.1) is 0 Å². The van der Waals surface area contributed by atoms with Crippen LogP contribution in [0.4, 0.5) is 0 Å². The summed E-state index contributed by atoms with van der Waals surface area (Å²) in [7, 11) is 0. The first-order chi connectivity index (χ1) is 14.0. The standard InChI is InChI=1S/C26H30N2O/c1-19-6-3-8-21(14-19)11-12-24(17-26(27)29)25(16-22-9-5-13-28-18-22)23-10-4-7-20(2)15-23/h3-10,13-15,18,24-25H,11-12,16-17H2,1-2H3,(H2,27,29). The minimum Gasteiger partial charge on any atom is -0.370 e. The number of benzene rings is 2. The Bertz CT molecular complexity index is 936. The van der Waals surface area contributed by atoms with Gasteiger partial charge in [0.1, 0.15) is 0 Å². The molecule has 0 bridgehead atoms. The predicted octanol–water partition coefficient (Wildman–Crippen LogP) is 5.15. The maximum atomic E-state index is 11.9. The lowest BCUT2D eigenvalue weighted by Crippen LogP contribution is -2.24. The molecule has 0 aliphatic rings. The van der Waals surface area contributed by atoms with Crippen molar-refractivity contribution in [3.63, 3.8) is 0 Å². The Kier molecular flexibility index (Phi) is 7.18. The van der Waals surface area contributed by atoms with Gasteiger partial charge in [0, 0.05) is 18.8 Å². The van der Waals surface area contributed by atoms with Crippen LogP contribution in [0.1, 0.15) is 46.6 Å². The number of hydrogen-bond donors (Lipinski definition) is 1. The minimum atomic E-state index is -0.233. The molecule has 0 aliphatic carbocycles. The molecule has 2 N–H and O–H groups in total. The van der Waals surface area contributed by atoms with Crippen LogP contribution in [0.3, 0.4) is 0 Å². The second kappa shape index (κ2) is 10.0. The Morgan fingerprint density at radius 1 is 0.966 bits per heavy atom. The minimum absolute atomic E-state index is 0.176. The second-order valence-corrected chi connectivity index (χ2v) is 8.04. The van der Waals surface area contributed by atoms with Crippen LogP contribution in [0, 0.1) is 19.8 Å². The van der Waals surface area contributed by atoms with Gasteiger partial charge in [-0.3, -0.25) is 9.78 Å². The van der Waals surface area contributed by atoms with E-state index in [4.69, 9.17) is 5.73 Å². The third-order valence-corrected chi connectivity index (χ3v) is 5.57. The average molecular weight is 387 g/mol. The molecule has 1 amide bonds. The zero-order valence-corrected chi connectivity index (χ0v) is 17.3. The topological polar surface area (TPSA) is 56.0 Å². The van der Waals surface area contributed by atoms with Gasteiger partial charge in [-0.25, -0.2) is 0 Å². The van der Waals surface area contributed by atoms with Crippen molar-refractivity contribution in [1.82, 2.24) is 4.98 Å². The fourth-order valence-electron chi connectivity index (χ4n) is 4.15. The van der Waals surface area contributed by atoms with E-state index in [2.05, 4.69) is 73.4 Å². The fourth-order valence-corrected chi connectivity index (χ4v) is 4.15. The number of amides is 1. The first kappa shape index (κ1) is 20.8. The van der Waals surface area contributed by atoms with Crippen LogP contribution in [0.2, 0.25) is 0 Å². The number of primary amides is 1. The smallest absolute Gasteiger partial charge is 0.217 e. The van der Waals surface area contributed by atoms with E-state index in [-0.39, 0.29) is 17.7 Å². The predicted molar refractivity (Wildman–Crippen MR) is 119 cm³/mol. The Labute approximate surface area is 174 Å². The van der Waals surface area contributed by atoms with Gasteiger partial charge in [0.2, 0.25) is 5.91 Å². The van der Waals surface area contributed by atoms with Gasteiger partial charge in [0.15, 0.2) is 0 Å². The number of carbonyl (C=O) groups is 1. The van der Waals surface area contributed by atoms with Crippen LogP contribution in [0.25, 0.3) is 0 Å². The summed E-state index contributed by atoms with van der Waals surface area (Å²) in [6, 6.07) is 21.3. The molecule has 2 aromatic carbocycles. The molecule has 1 aromatic heterocycles. The summed E-state index contributed by atoms with van der Waals surface area (Å²) in [6.07, 6.45) is 6.82. The Morgan fingerprint density at radius 3 is 2.34 bits per heavy atom. The quantitative estimate of drug-likeness (QED) is 0.553. The summed E-state index contributed by atoms with van der Waals surface area (Å²) in [5.41, 5.74) is 11.9. The van der Waals surface area contributed by atoms with Crippen molar-refractivity contribution in [1.29, 1.82) is 0 Å². The Morgan fingerprint density at radius 2 is 1.69 bits per heavy atom. The van der Waals surface area contributed by atoms with Crippen LogP contribution in [0.15, 0.2) is 73.1 Å². The van der Waals surface area contributed by atoms with Gasteiger partial charge in [-0.2, -0.15) is 0 Å². The number of aryl methyl sites for hydroxylation is 3. The number of pyridine rings is 1. The monoisotopic (exact) mass is 386 g/mol. The van der Waals surface area contributed by atoms with Crippen LogP contribution in [0.5, 0.6) is 0 Å². The molecule has 3 rings (SSSR count). The van der Waals surface area contributed by atoms with Gasteiger partial charge in [-0.15, -0.1) is 0 Å². The lowest BCUT2D eigenvalue weighted by Gasteiger charge is -2.28. The summed E-state index contributed by atoms with van der Waals surface area (Å²) in [4.78, 5) is 16.2. The van der Waals surface area contributed by atoms with Gasteiger partial charge < -0.3 is 5.73 Å². The molecule has 3 aromatic rings. The first-order valence-electron chi connectivity index (χ1n) is 10.3. The lowest BCUT2D eigenvalue weighted by molar-refractivity contribution is -0.119. The van der Waals surface area contributed by atoms with E-state index in [1.165, 1.54) is 27.8 Å². The third-order valence-electron chi connectivity index (χ3n) is 5.57. The first-order valence-corrected chi connectivity index (χ1v) is 10.3. The normalized spacial score (nSPS) is 13.0. The van der Waals surface area contributed by atoms with Crippen molar-refractivity contribution in [2.75, 3.05) is 0 Å². The Hall–Kier alpha value is -2.94. The number of carbonyl (C=O) groups excluding carboxylic acids is 1. The molecular formula is C26H30N2O. The van der Waals surface area contributed by atoms with Gasteiger partial charge >= 0.3 is 0 Å². The summed E-state index contributed by atoms with van der Waals surface area (Å²) in [6.45, 7) is 4.23. The molecule has 0 radical (unpaired) electrons. The van der Waals surface area contributed by atoms with E-state index in [0.29, 0.717) is 6.42 Å². The van der Waals surface area contributed by atoms with Crippen LogP contribution in [-0.4, -0.2) is 10.9 Å². The highest BCUT2D eigenvalue weighted by atomic mass is 16.1. The summed E-state index contributed by atoms with van der Waals surface area (Å²) < 4.78 is 0. The van der Waals surface area contributed by atoms with Crippen LogP contribution in [-0.2, 0) is 17.6 Å². The van der Waals surface area contributed by atoms with Gasteiger partial charge in [-0.05, 0) is 67.7 Å². The van der Waals surface area contributed by atoms with Crippen molar-refractivity contribution in [3.05, 3.63) is 101 Å². The maximum Gasteiger partial charge on any atom is 0.217 e. The average Bonchev–Trinajstić information content (AvgIpc) is 2.70. The van der Waals surface area contributed by atoms with Crippen molar-refractivity contribution >= 4 is 5.91 Å². The molecule has 0 saturated carbocycles. The van der Waals surface area contributed by atoms with Crippen LogP contribution < -0.4 is 5.73 Å². The van der Waals surface area contributed by atoms with Crippen molar-refractivity contribution in [2.45, 2.75) is 45.4 Å². The largest absolute Gasteiger partial charge is 0.370 e. The van der Waals surface area contributed by atoms with E-state index in [1.54, 1.807) is 6.20 Å². The summed E-state index contributed by atoms with van der Waals surface area (Å²) in [5, 5.41) is 0. The third kappa shape index (κ3) is 6.28. The number of nitrogens with zero attached hydrogens (tertiary/aromatic N) is 1. The molecule has 3 nitrogen and oxygen atoms in total. The highest BCUT2D eigenvalue weighted by Crippen LogP contribution is 2.34. The molecule has 0 saturated heterocycles. The molecule has 29 heavy (non-hydrogen) atoms. The number of aromatic nitrogens is 1. The fraction of sp³-hybridized carbons (Fsp3) is 0.308. The van der Waals surface area contributed by atoms with Crippen LogP contribution >= 0.6 is 0 Å². The molecule has 0 aliphatic heterocycles. The zero-order chi connectivity index (χ0) is 20.6. The molecule has 2 unspecified atom stereocenters. The molecule has 0 fully saturated rings. The number of hydrogen-bond acceptors (Lipinski definition) is 2. The molecular weight excluding hydrogens is 356 g/mol. The summed E-state index contributed by atoms with van der Waals surface area (Å²) >= 11 is 0. The highest BCUT2D eigenvalue weighted by molar-refractivity contribution is 5.74. The molecule has 150 valence electrons. The van der Waals surface area contributed by atoms with Crippen molar-refractivity contribution < 1.29 is 4.79 Å². The van der Waals surface area contributed by atoms with Crippen molar-refractivity contribution in [2.24, 2.45) is 11.7 Å². The zero-order valence-electron chi connectivity index (χ0n) is 17.3. The number of rotatable bonds is 9. The molecule has 2 atom stereocenters. The van der Waals surface area contributed by atoms with Gasteiger partial charge in [0.25, 0.3) is 0 Å². The van der Waals surface area contributed by atoms with E-state index < -0.39 is 0 Å². The maximum absolute atomic E-state index is 11.9. The number of nitrogens with two attached hydrogens (primary N) is 1. The molecule has 3 heteroatoms. The highest BCUT2D eigenvalue weighted by Gasteiger charge is 2.25. The molecule has 0 spiro atoms. The lowest BCUT2D eigenvalue weighted by atomic mass is 9.77. The SMILES string of the molecule is Cc1cccc(CCC(CC(N)=O)C(Cc2cccnc2)c2cccc(C)c2)c1. The van der Waals surface area contributed by atoms with E-state index in [9.17, 15) is 4.79 Å².